The molecule has 1 aliphatic rings. The van der Waals surface area contributed by atoms with Gasteiger partial charge in [0.15, 0.2) is 0 Å². The summed E-state index contributed by atoms with van der Waals surface area (Å²) in [7, 11) is 0. The Bertz CT molecular complexity index is 363. The van der Waals surface area contributed by atoms with E-state index in [-0.39, 0.29) is 0 Å². The number of nitrogens with one attached hydrogen (secondary N) is 2. The molecule has 0 aromatic carbocycles. The molecule has 5 heteroatoms. The van der Waals surface area contributed by atoms with Crippen LogP contribution in [0.1, 0.15) is 19.8 Å². The maximum Gasteiger partial charge on any atom is 0.130 e. The Morgan fingerprint density at radius 1 is 1.53 bits per heavy atom. The molecule has 0 bridgehead atoms. The van der Waals surface area contributed by atoms with Crippen LogP contribution in [-0.4, -0.2) is 35.9 Å². The number of rotatable bonds is 4. The van der Waals surface area contributed by atoms with E-state index in [0.29, 0.717) is 5.41 Å². The van der Waals surface area contributed by atoms with Gasteiger partial charge < -0.3 is 10.6 Å². The van der Waals surface area contributed by atoms with Crippen molar-refractivity contribution in [3.05, 3.63) is 12.4 Å². The Morgan fingerprint density at radius 2 is 2.41 bits per heavy atom. The summed E-state index contributed by atoms with van der Waals surface area (Å²) in [4.78, 5) is 8.42. The van der Waals surface area contributed by atoms with E-state index >= 15 is 0 Å². The third-order valence-electron chi connectivity index (χ3n) is 3.23. The first-order valence-electron chi connectivity index (χ1n) is 6.02. The molecular formula is C12H20N4S. The van der Waals surface area contributed by atoms with Gasteiger partial charge in [-0.1, -0.05) is 6.92 Å². The van der Waals surface area contributed by atoms with Gasteiger partial charge >= 0.3 is 0 Å². The van der Waals surface area contributed by atoms with Crippen LogP contribution < -0.4 is 10.6 Å². The minimum Gasteiger partial charge on any atom is -0.369 e. The van der Waals surface area contributed by atoms with Gasteiger partial charge in [-0.05, 0) is 31.1 Å². The molecule has 1 unspecified atom stereocenters. The van der Waals surface area contributed by atoms with Gasteiger partial charge in [-0.25, -0.2) is 9.97 Å². The monoisotopic (exact) mass is 252 g/mol. The summed E-state index contributed by atoms with van der Waals surface area (Å²) in [5, 5.41) is 7.89. The second-order valence-electron chi connectivity index (χ2n) is 4.89. The predicted molar refractivity (Wildman–Crippen MR) is 72.5 cm³/mol. The molecular weight excluding hydrogens is 232 g/mol. The molecule has 1 aromatic rings. The predicted octanol–water partition coefficient (Wildman–Crippen LogP) is 2.00. The van der Waals surface area contributed by atoms with Crippen LogP contribution in [0.25, 0.3) is 0 Å². The van der Waals surface area contributed by atoms with E-state index in [9.17, 15) is 0 Å². The van der Waals surface area contributed by atoms with E-state index in [1.165, 1.54) is 12.8 Å². The van der Waals surface area contributed by atoms with Gasteiger partial charge in [-0.3, -0.25) is 0 Å². The van der Waals surface area contributed by atoms with E-state index in [0.717, 1.165) is 30.5 Å². The first-order valence-corrected chi connectivity index (χ1v) is 7.25. The van der Waals surface area contributed by atoms with Gasteiger partial charge in [0.2, 0.25) is 0 Å². The second kappa shape index (κ2) is 5.69. The fourth-order valence-corrected chi connectivity index (χ4v) is 2.50. The summed E-state index contributed by atoms with van der Waals surface area (Å²) in [5.41, 5.74) is 0.336. The Balaban J connectivity index is 1.92. The molecule has 0 aliphatic carbocycles. The molecule has 2 rings (SSSR count). The maximum absolute atomic E-state index is 4.25. The number of aromatic nitrogens is 2. The Morgan fingerprint density at radius 3 is 3.12 bits per heavy atom. The van der Waals surface area contributed by atoms with Crippen LogP contribution in [0, 0.1) is 5.41 Å². The average Bonchev–Trinajstić information content (AvgIpc) is 2.38. The Kier molecular flexibility index (Phi) is 4.23. The second-order valence-corrected chi connectivity index (χ2v) is 5.72. The van der Waals surface area contributed by atoms with E-state index in [1.807, 2.05) is 12.3 Å². The first kappa shape index (κ1) is 12.6. The van der Waals surface area contributed by atoms with E-state index in [1.54, 1.807) is 18.1 Å². The highest BCUT2D eigenvalue weighted by molar-refractivity contribution is 7.98. The third-order valence-corrected chi connectivity index (χ3v) is 3.87. The minimum atomic E-state index is 0.336. The zero-order valence-electron chi connectivity index (χ0n) is 10.5. The maximum atomic E-state index is 4.25. The smallest absolute Gasteiger partial charge is 0.130 e. The lowest BCUT2D eigenvalue weighted by Crippen LogP contribution is -2.42. The number of piperidine rings is 1. The molecule has 0 radical (unpaired) electrons. The largest absolute Gasteiger partial charge is 0.369 e. The molecule has 0 spiro atoms. The lowest BCUT2D eigenvalue weighted by molar-refractivity contribution is 0.253. The summed E-state index contributed by atoms with van der Waals surface area (Å²) >= 11 is 1.64. The highest BCUT2D eigenvalue weighted by atomic mass is 32.2. The molecule has 1 aliphatic heterocycles. The molecule has 1 aromatic heterocycles. The van der Waals surface area contributed by atoms with Gasteiger partial charge in [0.25, 0.3) is 0 Å². The summed E-state index contributed by atoms with van der Waals surface area (Å²) in [5.74, 6) is 0.927. The van der Waals surface area contributed by atoms with Crippen molar-refractivity contribution in [2.45, 2.75) is 24.8 Å². The summed E-state index contributed by atoms with van der Waals surface area (Å²) in [6, 6.07) is 2.00. The van der Waals surface area contributed by atoms with Gasteiger partial charge in [-0.15, -0.1) is 11.8 Å². The highest BCUT2D eigenvalue weighted by Crippen LogP contribution is 2.25. The summed E-state index contributed by atoms with van der Waals surface area (Å²) < 4.78 is 0. The topological polar surface area (TPSA) is 49.8 Å². The standard InChI is InChI=1S/C12H20N4S/c1-12(4-3-5-13-7-12)8-14-10-6-11(17-2)16-9-15-10/h6,9,13H,3-5,7-8H2,1-2H3,(H,14,15,16). The van der Waals surface area contributed by atoms with Crippen molar-refractivity contribution in [1.82, 2.24) is 15.3 Å². The average molecular weight is 252 g/mol. The lowest BCUT2D eigenvalue weighted by atomic mass is 9.83. The number of thioether (sulfide) groups is 1. The van der Waals surface area contributed by atoms with Crippen molar-refractivity contribution >= 4 is 17.6 Å². The van der Waals surface area contributed by atoms with Crippen LogP contribution in [0.3, 0.4) is 0 Å². The zero-order chi connectivity index (χ0) is 12.1. The molecule has 94 valence electrons. The van der Waals surface area contributed by atoms with Crippen LogP contribution in [0.5, 0.6) is 0 Å². The molecule has 1 fully saturated rings. The molecule has 2 heterocycles. The van der Waals surface area contributed by atoms with Crippen molar-refractivity contribution in [3.63, 3.8) is 0 Å². The fourth-order valence-electron chi connectivity index (χ4n) is 2.12. The highest BCUT2D eigenvalue weighted by Gasteiger charge is 2.26. The van der Waals surface area contributed by atoms with E-state index in [4.69, 9.17) is 0 Å². The van der Waals surface area contributed by atoms with Crippen LogP contribution in [0.4, 0.5) is 5.82 Å². The van der Waals surface area contributed by atoms with Crippen LogP contribution in [0.15, 0.2) is 17.4 Å². The van der Waals surface area contributed by atoms with Gasteiger partial charge in [0.05, 0.1) is 0 Å². The van der Waals surface area contributed by atoms with Crippen LogP contribution in [-0.2, 0) is 0 Å². The molecule has 1 saturated heterocycles. The quantitative estimate of drug-likeness (QED) is 0.634. The van der Waals surface area contributed by atoms with Gasteiger partial charge in [0.1, 0.15) is 17.2 Å². The Labute approximate surface area is 107 Å². The SMILES string of the molecule is CSc1cc(NCC2(C)CCCNC2)ncn1. The first-order chi connectivity index (χ1) is 8.22. The number of hydrogen-bond donors (Lipinski definition) is 2. The fraction of sp³-hybridized carbons (Fsp3) is 0.667. The van der Waals surface area contributed by atoms with Crippen molar-refractivity contribution in [2.75, 3.05) is 31.2 Å². The van der Waals surface area contributed by atoms with E-state index in [2.05, 4.69) is 27.5 Å². The molecule has 0 amide bonds. The normalized spacial score (nSPS) is 24.6. The van der Waals surface area contributed by atoms with Gasteiger partial charge in [0, 0.05) is 19.2 Å². The number of nitrogens with zero attached hydrogens (tertiary/aromatic N) is 2. The van der Waals surface area contributed by atoms with Crippen LogP contribution >= 0.6 is 11.8 Å². The summed E-state index contributed by atoms with van der Waals surface area (Å²) in [6.07, 6.45) is 6.18. The van der Waals surface area contributed by atoms with Crippen molar-refractivity contribution in [2.24, 2.45) is 5.41 Å². The summed E-state index contributed by atoms with van der Waals surface area (Å²) in [6.45, 7) is 5.52. The third kappa shape index (κ3) is 3.57. The van der Waals surface area contributed by atoms with Crippen LogP contribution in [0.2, 0.25) is 0 Å². The molecule has 0 saturated carbocycles. The lowest BCUT2D eigenvalue weighted by Gasteiger charge is -2.34. The minimum absolute atomic E-state index is 0.336. The van der Waals surface area contributed by atoms with Crippen molar-refractivity contribution in [1.29, 1.82) is 0 Å². The Hall–Kier alpha value is -0.810. The zero-order valence-corrected chi connectivity index (χ0v) is 11.3. The van der Waals surface area contributed by atoms with Gasteiger partial charge in [-0.2, -0.15) is 0 Å². The molecule has 2 N–H and O–H groups in total. The molecule has 4 nitrogen and oxygen atoms in total. The van der Waals surface area contributed by atoms with Crippen molar-refractivity contribution < 1.29 is 0 Å². The van der Waals surface area contributed by atoms with E-state index < -0.39 is 0 Å². The molecule has 1 atom stereocenters. The molecule has 17 heavy (non-hydrogen) atoms. The number of hydrogen-bond acceptors (Lipinski definition) is 5. The van der Waals surface area contributed by atoms with Crippen molar-refractivity contribution in [3.8, 4) is 0 Å². The number of anilines is 1.